The van der Waals surface area contributed by atoms with Gasteiger partial charge in [0.15, 0.2) is 11.6 Å². The fourth-order valence-corrected chi connectivity index (χ4v) is 7.17. The molecule has 0 atom stereocenters. The Hall–Kier alpha value is -6.33. The van der Waals surface area contributed by atoms with Crippen molar-refractivity contribution in [2.24, 2.45) is 0 Å². The predicted octanol–water partition coefficient (Wildman–Crippen LogP) is 9.99. The molecular weight excluding hydrogens is 562 g/mol. The van der Waals surface area contributed by atoms with E-state index in [-0.39, 0.29) is 0 Å². The topological polar surface area (TPSA) is 48.5 Å². The molecule has 3 aromatic heterocycles. The zero-order valence-electron chi connectivity index (χ0n) is 24.7. The monoisotopic (exact) mass is 587 g/mol. The van der Waals surface area contributed by atoms with Crippen LogP contribution in [0.1, 0.15) is 0 Å². The van der Waals surface area contributed by atoms with Crippen LogP contribution < -0.4 is 0 Å². The number of aromatic nitrogens is 5. The second-order valence-electron chi connectivity index (χ2n) is 11.7. The molecule has 46 heavy (non-hydrogen) atoms. The van der Waals surface area contributed by atoms with Crippen LogP contribution >= 0.6 is 0 Å². The lowest BCUT2D eigenvalue weighted by atomic mass is 9.97. The lowest BCUT2D eigenvalue weighted by Crippen LogP contribution is -2.06. The minimum Gasteiger partial charge on any atom is -0.309 e. The average molecular weight is 588 g/mol. The molecule has 0 saturated carbocycles. The van der Waals surface area contributed by atoms with Crippen LogP contribution in [0, 0.1) is 0 Å². The summed E-state index contributed by atoms with van der Waals surface area (Å²) < 4.78 is 4.64. The Balaban J connectivity index is 1.42. The van der Waals surface area contributed by atoms with Gasteiger partial charge in [0.2, 0.25) is 5.95 Å². The van der Waals surface area contributed by atoms with Crippen LogP contribution in [0.2, 0.25) is 0 Å². The fourth-order valence-electron chi connectivity index (χ4n) is 7.17. The highest BCUT2D eigenvalue weighted by atomic mass is 15.2. The van der Waals surface area contributed by atoms with Crippen molar-refractivity contribution in [3.63, 3.8) is 0 Å². The molecule has 0 aliphatic carbocycles. The van der Waals surface area contributed by atoms with Gasteiger partial charge in [0, 0.05) is 38.4 Å². The molecule has 0 unspecified atom stereocenters. The molecule has 0 radical (unpaired) electrons. The van der Waals surface area contributed by atoms with Crippen LogP contribution in [0.4, 0.5) is 0 Å². The molecule has 0 aliphatic heterocycles. The zero-order chi connectivity index (χ0) is 30.2. The third kappa shape index (κ3) is 3.54. The summed E-state index contributed by atoms with van der Waals surface area (Å²) in [4.78, 5) is 15.3. The molecule has 10 aromatic rings. The minimum atomic E-state index is 0.594. The Labute approximate surface area is 264 Å². The molecule has 5 nitrogen and oxygen atoms in total. The second kappa shape index (κ2) is 9.58. The first kappa shape index (κ1) is 25.0. The first-order chi connectivity index (χ1) is 22.8. The van der Waals surface area contributed by atoms with E-state index in [1.54, 1.807) is 0 Å². The Kier molecular flexibility index (Phi) is 5.22. The van der Waals surface area contributed by atoms with E-state index >= 15 is 0 Å². The van der Waals surface area contributed by atoms with Crippen molar-refractivity contribution in [3.05, 3.63) is 152 Å². The summed E-state index contributed by atoms with van der Waals surface area (Å²) in [6, 6.07) is 53.1. The highest BCUT2D eigenvalue weighted by Gasteiger charge is 2.24. The van der Waals surface area contributed by atoms with Crippen molar-refractivity contribution in [2.45, 2.75) is 0 Å². The summed E-state index contributed by atoms with van der Waals surface area (Å²) in [5.41, 5.74) is 7.43. The van der Waals surface area contributed by atoms with E-state index in [2.05, 4.69) is 124 Å². The van der Waals surface area contributed by atoms with Gasteiger partial charge in [-0.05, 0) is 47.2 Å². The van der Waals surface area contributed by atoms with Gasteiger partial charge in [-0.1, -0.05) is 115 Å². The first-order valence-electron chi connectivity index (χ1n) is 15.5. The van der Waals surface area contributed by atoms with Gasteiger partial charge in [0.25, 0.3) is 0 Å². The molecule has 10 rings (SSSR count). The maximum atomic E-state index is 5.16. The van der Waals surface area contributed by atoms with Crippen molar-refractivity contribution < 1.29 is 0 Å². The first-order valence-corrected chi connectivity index (χ1v) is 15.5. The second-order valence-corrected chi connectivity index (χ2v) is 11.7. The largest absolute Gasteiger partial charge is 0.309 e. The van der Waals surface area contributed by atoms with Crippen molar-refractivity contribution in [2.75, 3.05) is 0 Å². The van der Waals surface area contributed by atoms with Gasteiger partial charge in [-0.2, -0.15) is 9.97 Å². The summed E-state index contributed by atoms with van der Waals surface area (Å²) >= 11 is 0. The molecular formula is C41H25N5. The summed E-state index contributed by atoms with van der Waals surface area (Å²) in [6.07, 6.45) is 0. The number of hydrogen-bond acceptors (Lipinski definition) is 3. The third-order valence-electron chi connectivity index (χ3n) is 9.12. The Morgan fingerprint density at radius 2 is 0.826 bits per heavy atom. The van der Waals surface area contributed by atoms with E-state index in [4.69, 9.17) is 15.0 Å². The lowest BCUT2D eigenvalue weighted by Gasteiger charge is -2.14. The Morgan fingerprint density at radius 3 is 1.48 bits per heavy atom. The number of rotatable bonds is 4. The van der Waals surface area contributed by atoms with Gasteiger partial charge in [-0.25, -0.2) is 4.98 Å². The van der Waals surface area contributed by atoms with E-state index in [9.17, 15) is 0 Å². The van der Waals surface area contributed by atoms with Crippen molar-refractivity contribution in [1.82, 2.24) is 24.1 Å². The maximum absolute atomic E-state index is 5.16. The van der Waals surface area contributed by atoms with E-state index in [1.165, 1.54) is 37.8 Å². The maximum Gasteiger partial charge on any atom is 0.238 e. The summed E-state index contributed by atoms with van der Waals surface area (Å²) in [7, 11) is 0. The highest BCUT2D eigenvalue weighted by molar-refractivity contribution is 6.34. The molecule has 0 N–H and O–H groups in total. The third-order valence-corrected chi connectivity index (χ3v) is 9.12. The van der Waals surface area contributed by atoms with E-state index in [0.717, 1.165) is 33.4 Å². The standard InChI is InChI=1S/C41H25N5/c1-4-12-28(13-5-1)39-42-40(29-14-6-2-7-15-29)44-41(43-39)46-33-21-11-20-32-37(33)38-34(46)25-24-27-23-22-26-16-10-19-31(35(26)36(27)38)45(32)30-17-8-3-9-18-30/h1-25H. The minimum absolute atomic E-state index is 0.594. The Morgan fingerprint density at radius 1 is 0.326 bits per heavy atom. The summed E-state index contributed by atoms with van der Waals surface area (Å²) in [6.45, 7) is 0. The van der Waals surface area contributed by atoms with Crippen LogP contribution in [0.3, 0.4) is 0 Å². The highest BCUT2D eigenvalue weighted by Crippen LogP contribution is 2.45. The van der Waals surface area contributed by atoms with E-state index in [0.29, 0.717) is 17.6 Å². The zero-order valence-corrected chi connectivity index (χ0v) is 24.7. The molecule has 0 spiro atoms. The quantitative estimate of drug-likeness (QED) is 0.193. The number of para-hydroxylation sites is 1. The van der Waals surface area contributed by atoms with Crippen LogP contribution in [0.5, 0.6) is 0 Å². The molecule has 5 heteroatoms. The molecule has 0 amide bonds. The molecule has 0 saturated heterocycles. The van der Waals surface area contributed by atoms with Crippen molar-refractivity contribution in [3.8, 4) is 34.4 Å². The normalized spacial score (nSPS) is 11.9. The smallest absolute Gasteiger partial charge is 0.238 e. The van der Waals surface area contributed by atoms with Gasteiger partial charge >= 0.3 is 0 Å². The Bertz CT molecular complexity index is 2670. The average Bonchev–Trinajstić information content (AvgIpc) is 3.41. The molecule has 3 heterocycles. The molecule has 214 valence electrons. The molecule has 0 bridgehead atoms. The van der Waals surface area contributed by atoms with Crippen molar-refractivity contribution >= 4 is 54.4 Å². The molecule has 7 aromatic carbocycles. The number of hydrogen-bond donors (Lipinski definition) is 0. The number of benzene rings is 7. The summed E-state index contributed by atoms with van der Waals surface area (Å²) in [5.74, 6) is 1.88. The van der Waals surface area contributed by atoms with E-state index < -0.39 is 0 Å². The van der Waals surface area contributed by atoms with Crippen molar-refractivity contribution in [1.29, 1.82) is 0 Å². The number of nitrogens with zero attached hydrogens (tertiary/aromatic N) is 5. The SMILES string of the molecule is c1ccc(-c2nc(-c3ccccc3)nc(-n3c4ccc5ccc6cccc7c6c5c4c4c(cccc43)n7-c3ccccc3)n2)cc1. The lowest BCUT2D eigenvalue weighted by molar-refractivity contribution is 0.953. The van der Waals surface area contributed by atoms with Gasteiger partial charge in [0.1, 0.15) is 0 Å². The van der Waals surface area contributed by atoms with Gasteiger partial charge < -0.3 is 4.57 Å². The van der Waals surface area contributed by atoms with Crippen LogP contribution in [-0.4, -0.2) is 24.1 Å². The predicted molar refractivity (Wildman–Crippen MR) is 188 cm³/mol. The van der Waals surface area contributed by atoms with Crippen LogP contribution in [0.25, 0.3) is 88.8 Å². The van der Waals surface area contributed by atoms with Gasteiger partial charge in [0.05, 0.1) is 22.1 Å². The summed E-state index contributed by atoms with van der Waals surface area (Å²) in [5, 5.41) is 7.31. The van der Waals surface area contributed by atoms with Crippen LogP contribution in [0.15, 0.2) is 152 Å². The van der Waals surface area contributed by atoms with Gasteiger partial charge in [-0.15, -0.1) is 0 Å². The fraction of sp³-hybridized carbons (Fsp3) is 0. The van der Waals surface area contributed by atoms with Gasteiger partial charge in [-0.3, -0.25) is 4.57 Å². The molecule has 0 fully saturated rings. The van der Waals surface area contributed by atoms with E-state index in [1.807, 2.05) is 36.4 Å². The molecule has 0 aliphatic rings. The van der Waals surface area contributed by atoms with Crippen LogP contribution in [-0.2, 0) is 0 Å².